The van der Waals surface area contributed by atoms with Crippen molar-refractivity contribution in [2.75, 3.05) is 16.8 Å². The molecular formula is C24H24N2O5S2. The molecule has 4 rings (SSSR count). The first kappa shape index (κ1) is 23.2. The van der Waals surface area contributed by atoms with E-state index in [4.69, 9.17) is 0 Å². The number of rotatable bonds is 7. The zero-order chi connectivity index (χ0) is 23.5. The van der Waals surface area contributed by atoms with Crippen molar-refractivity contribution < 1.29 is 21.6 Å². The van der Waals surface area contributed by atoms with E-state index in [1.54, 1.807) is 0 Å². The van der Waals surface area contributed by atoms with Gasteiger partial charge in [-0.1, -0.05) is 60.7 Å². The molecule has 172 valence electrons. The molecule has 9 heteroatoms. The van der Waals surface area contributed by atoms with Gasteiger partial charge < -0.3 is 5.32 Å². The number of hydrogen-bond acceptors (Lipinski definition) is 5. The van der Waals surface area contributed by atoms with Crippen LogP contribution in [0.15, 0.2) is 89.8 Å². The predicted molar refractivity (Wildman–Crippen MR) is 127 cm³/mol. The lowest BCUT2D eigenvalue weighted by molar-refractivity contribution is -0.116. The Morgan fingerprint density at radius 2 is 1.39 bits per heavy atom. The normalized spacial score (nSPS) is 17.7. The molecule has 0 saturated carbocycles. The quantitative estimate of drug-likeness (QED) is 0.536. The van der Waals surface area contributed by atoms with Gasteiger partial charge in [0.05, 0.1) is 22.3 Å². The van der Waals surface area contributed by atoms with Crippen molar-refractivity contribution in [2.45, 2.75) is 23.3 Å². The molecule has 1 heterocycles. The Balaban J connectivity index is 1.50. The molecule has 1 amide bonds. The van der Waals surface area contributed by atoms with Crippen LogP contribution in [0.5, 0.6) is 0 Å². The number of amides is 1. The second-order valence-corrected chi connectivity index (χ2v) is 11.9. The Hall–Kier alpha value is -3.01. The lowest BCUT2D eigenvalue weighted by Gasteiger charge is -2.18. The lowest BCUT2D eigenvalue weighted by atomic mass is 9.90. The summed E-state index contributed by atoms with van der Waals surface area (Å²) in [5.74, 6) is -0.977. The van der Waals surface area contributed by atoms with Crippen LogP contribution in [0.25, 0.3) is 0 Å². The van der Waals surface area contributed by atoms with Gasteiger partial charge in [-0.2, -0.15) is 0 Å². The molecule has 0 unspecified atom stereocenters. The van der Waals surface area contributed by atoms with Gasteiger partial charge in [0.25, 0.3) is 0 Å². The second-order valence-electron chi connectivity index (χ2n) is 7.99. The Morgan fingerprint density at radius 1 is 0.848 bits per heavy atom. The molecule has 0 radical (unpaired) electrons. The fourth-order valence-corrected chi connectivity index (χ4v) is 6.94. The maximum Gasteiger partial charge on any atom is 0.240 e. The molecule has 1 atom stereocenters. The largest absolute Gasteiger partial charge is 0.325 e. The topological polar surface area (TPSA) is 109 Å². The summed E-state index contributed by atoms with van der Waals surface area (Å²) in [6, 6.07) is 24.0. The molecule has 0 aliphatic carbocycles. The molecule has 2 N–H and O–H groups in total. The van der Waals surface area contributed by atoms with Crippen molar-refractivity contribution in [3.63, 3.8) is 0 Å². The molecule has 7 nitrogen and oxygen atoms in total. The lowest BCUT2D eigenvalue weighted by Crippen LogP contribution is -2.35. The predicted octanol–water partition coefficient (Wildman–Crippen LogP) is 2.92. The van der Waals surface area contributed by atoms with E-state index < -0.39 is 31.8 Å². The third-order valence-electron chi connectivity index (χ3n) is 5.51. The maximum absolute atomic E-state index is 13.2. The fraction of sp³-hybridized carbons (Fsp3) is 0.208. The number of hydrogen-bond donors (Lipinski definition) is 2. The summed E-state index contributed by atoms with van der Waals surface area (Å²) < 4.78 is 50.9. The minimum absolute atomic E-state index is 0.00691. The van der Waals surface area contributed by atoms with Crippen molar-refractivity contribution in [1.29, 1.82) is 0 Å². The average Bonchev–Trinajstić information content (AvgIpc) is 3.13. The van der Waals surface area contributed by atoms with Crippen molar-refractivity contribution in [3.8, 4) is 0 Å². The second kappa shape index (κ2) is 9.46. The minimum Gasteiger partial charge on any atom is -0.325 e. The standard InChI is InChI=1S/C24H24N2O5S2/c27-24(23(18-7-3-1-4-8-18)19-9-5-2-6-10-19)25-20-11-13-22(14-12-20)33(30,31)26-21-15-16-32(28,29)17-21/h1-14,21,23,26H,15-17H2,(H,25,27)/t21-/m1/s1. The van der Waals surface area contributed by atoms with Gasteiger partial charge in [0.1, 0.15) is 0 Å². The summed E-state index contributed by atoms with van der Waals surface area (Å²) in [7, 11) is -7.07. The van der Waals surface area contributed by atoms with E-state index in [1.807, 2.05) is 60.7 Å². The molecular weight excluding hydrogens is 460 g/mol. The third-order valence-corrected chi connectivity index (χ3v) is 8.82. The summed E-state index contributed by atoms with van der Waals surface area (Å²) in [6.45, 7) is 0. The van der Waals surface area contributed by atoms with Crippen LogP contribution in [0, 0.1) is 0 Å². The van der Waals surface area contributed by atoms with E-state index in [-0.39, 0.29) is 28.7 Å². The molecule has 0 bridgehead atoms. The number of benzene rings is 3. The van der Waals surface area contributed by atoms with Gasteiger partial charge in [-0.15, -0.1) is 0 Å². The van der Waals surface area contributed by atoms with Crippen LogP contribution in [0.1, 0.15) is 23.5 Å². The molecule has 1 fully saturated rings. The van der Waals surface area contributed by atoms with E-state index in [1.165, 1.54) is 24.3 Å². The highest BCUT2D eigenvalue weighted by Gasteiger charge is 2.31. The fourth-order valence-electron chi connectivity index (χ4n) is 3.89. The smallest absolute Gasteiger partial charge is 0.240 e. The van der Waals surface area contributed by atoms with Crippen LogP contribution >= 0.6 is 0 Å². The van der Waals surface area contributed by atoms with Gasteiger partial charge in [0.15, 0.2) is 9.84 Å². The van der Waals surface area contributed by atoms with Crippen LogP contribution in [-0.2, 0) is 24.7 Å². The number of sulfone groups is 1. The van der Waals surface area contributed by atoms with Gasteiger partial charge >= 0.3 is 0 Å². The van der Waals surface area contributed by atoms with Crippen LogP contribution in [0.2, 0.25) is 0 Å². The molecule has 33 heavy (non-hydrogen) atoms. The molecule has 0 spiro atoms. The van der Waals surface area contributed by atoms with Crippen LogP contribution in [0.3, 0.4) is 0 Å². The Morgan fingerprint density at radius 3 is 1.88 bits per heavy atom. The van der Waals surface area contributed by atoms with Gasteiger partial charge in [-0.3, -0.25) is 4.79 Å². The number of sulfonamides is 1. The SMILES string of the molecule is O=C(Nc1ccc(S(=O)(=O)N[C@@H]2CCS(=O)(=O)C2)cc1)C(c1ccccc1)c1ccccc1. The molecule has 3 aromatic rings. The molecule has 1 saturated heterocycles. The highest BCUT2D eigenvalue weighted by molar-refractivity contribution is 7.92. The van der Waals surface area contributed by atoms with E-state index in [0.717, 1.165) is 11.1 Å². The first-order chi connectivity index (χ1) is 15.7. The van der Waals surface area contributed by atoms with Gasteiger partial charge in [0.2, 0.25) is 15.9 Å². The molecule has 1 aliphatic heterocycles. The Kier molecular flexibility index (Phi) is 6.64. The number of anilines is 1. The highest BCUT2D eigenvalue weighted by atomic mass is 32.2. The van der Waals surface area contributed by atoms with Gasteiger partial charge in [0, 0.05) is 11.7 Å². The molecule has 0 aromatic heterocycles. The zero-order valence-electron chi connectivity index (χ0n) is 17.7. The monoisotopic (exact) mass is 484 g/mol. The van der Waals surface area contributed by atoms with Gasteiger partial charge in [-0.25, -0.2) is 21.6 Å². The van der Waals surface area contributed by atoms with Crippen LogP contribution < -0.4 is 10.0 Å². The van der Waals surface area contributed by atoms with Crippen molar-refractivity contribution >= 4 is 31.5 Å². The zero-order valence-corrected chi connectivity index (χ0v) is 19.3. The number of carbonyl (C=O) groups excluding carboxylic acids is 1. The summed E-state index contributed by atoms with van der Waals surface area (Å²) in [5, 5.41) is 2.87. The number of nitrogens with one attached hydrogen (secondary N) is 2. The van der Waals surface area contributed by atoms with E-state index in [2.05, 4.69) is 10.0 Å². The van der Waals surface area contributed by atoms with E-state index in [9.17, 15) is 21.6 Å². The Bertz CT molecular complexity index is 1290. The summed E-state index contributed by atoms with van der Waals surface area (Å²) in [4.78, 5) is 13.2. The maximum atomic E-state index is 13.2. The summed E-state index contributed by atoms with van der Waals surface area (Å²) in [5.41, 5.74) is 2.14. The summed E-state index contributed by atoms with van der Waals surface area (Å²) >= 11 is 0. The first-order valence-electron chi connectivity index (χ1n) is 10.5. The molecule has 1 aliphatic rings. The third kappa shape index (κ3) is 5.68. The van der Waals surface area contributed by atoms with E-state index >= 15 is 0 Å². The van der Waals surface area contributed by atoms with Crippen molar-refractivity contribution in [2.24, 2.45) is 0 Å². The highest BCUT2D eigenvalue weighted by Crippen LogP contribution is 2.26. The Labute approximate surface area is 193 Å². The minimum atomic E-state index is -3.87. The summed E-state index contributed by atoms with van der Waals surface area (Å²) in [6.07, 6.45) is 0.260. The van der Waals surface area contributed by atoms with Crippen LogP contribution in [-0.4, -0.2) is 40.3 Å². The van der Waals surface area contributed by atoms with E-state index in [0.29, 0.717) is 5.69 Å². The molecule has 3 aromatic carbocycles. The van der Waals surface area contributed by atoms with Gasteiger partial charge in [-0.05, 0) is 41.8 Å². The number of carbonyl (C=O) groups is 1. The average molecular weight is 485 g/mol. The van der Waals surface area contributed by atoms with Crippen molar-refractivity contribution in [3.05, 3.63) is 96.1 Å². The first-order valence-corrected chi connectivity index (χ1v) is 13.8. The van der Waals surface area contributed by atoms with Crippen molar-refractivity contribution in [1.82, 2.24) is 4.72 Å². The van der Waals surface area contributed by atoms with Crippen LogP contribution in [0.4, 0.5) is 5.69 Å².